The molecule has 1 aliphatic rings. The lowest BCUT2D eigenvalue weighted by Crippen LogP contribution is -2.48. The van der Waals surface area contributed by atoms with Gasteiger partial charge >= 0.3 is 0 Å². The van der Waals surface area contributed by atoms with E-state index in [-0.39, 0.29) is 11.9 Å². The molecule has 0 bridgehead atoms. The molecule has 1 N–H and O–H groups in total. The minimum atomic E-state index is -0.147. The van der Waals surface area contributed by atoms with E-state index < -0.39 is 0 Å². The highest BCUT2D eigenvalue weighted by Crippen LogP contribution is 2.14. The minimum Gasteiger partial charge on any atom is -0.497 e. The van der Waals surface area contributed by atoms with Crippen LogP contribution in [0.25, 0.3) is 0 Å². The van der Waals surface area contributed by atoms with E-state index >= 15 is 0 Å². The summed E-state index contributed by atoms with van der Waals surface area (Å²) < 4.78 is 7.29. The first-order chi connectivity index (χ1) is 11.7. The molecular formula is C18H24N4O2. The van der Waals surface area contributed by atoms with Crippen LogP contribution in [-0.2, 0) is 24.3 Å². The number of hydrogen-bond donors (Lipinski definition) is 1. The number of aromatic nitrogens is 2. The first-order valence-corrected chi connectivity index (χ1v) is 8.32. The predicted molar refractivity (Wildman–Crippen MR) is 91.8 cm³/mol. The fourth-order valence-electron chi connectivity index (χ4n) is 2.96. The molecule has 0 saturated carbocycles. The van der Waals surface area contributed by atoms with E-state index in [1.165, 1.54) is 5.56 Å². The number of nitrogens with one attached hydrogen (secondary N) is 1. The third-order valence-corrected chi connectivity index (χ3v) is 4.57. The van der Waals surface area contributed by atoms with Crippen LogP contribution in [0.1, 0.15) is 18.3 Å². The van der Waals surface area contributed by atoms with Crippen molar-refractivity contribution >= 4 is 5.91 Å². The number of carbonyl (C=O) groups excluding carboxylic acids is 1. The fourth-order valence-corrected chi connectivity index (χ4v) is 2.96. The van der Waals surface area contributed by atoms with Crippen LogP contribution in [0.4, 0.5) is 0 Å². The molecule has 1 aliphatic heterocycles. The topological polar surface area (TPSA) is 59.4 Å². The van der Waals surface area contributed by atoms with Gasteiger partial charge in [0.05, 0.1) is 19.7 Å². The number of carbonyl (C=O) groups is 1. The number of nitrogens with zero attached hydrogens (tertiary/aromatic N) is 3. The Morgan fingerprint density at radius 1 is 1.33 bits per heavy atom. The van der Waals surface area contributed by atoms with Crippen LogP contribution >= 0.6 is 0 Å². The average molecular weight is 328 g/mol. The fraction of sp³-hybridized carbons (Fsp3) is 0.444. The molecule has 1 amide bonds. The van der Waals surface area contributed by atoms with Gasteiger partial charge in [0, 0.05) is 32.0 Å². The minimum absolute atomic E-state index is 0.0727. The van der Waals surface area contributed by atoms with Crippen molar-refractivity contribution in [3.63, 3.8) is 0 Å². The molecule has 0 spiro atoms. The van der Waals surface area contributed by atoms with E-state index in [0.29, 0.717) is 6.54 Å². The molecular weight excluding hydrogens is 304 g/mol. The Bertz CT molecular complexity index is 681. The Hall–Kier alpha value is -2.34. The average Bonchev–Trinajstić information content (AvgIpc) is 3.09. The third-order valence-electron chi connectivity index (χ3n) is 4.57. The maximum absolute atomic E-state index is 12.4. The summed E-state index contributed by atoms with van der Waals surface area (Å²) in [6.45, 7) is 5.08. The van der Waals surface area contributed by atoms with Gasteiger partial charge in [0.2, 0.25) is 5.91 Å². The summed E-state index contributed by atoms with van der Waals surface area (Å²) in [7, 11) is 1.66. The number of ether oxygens (including phenoxy) is 1. The van der Waals surface area contributed by atoms with Gasteiger partial charge in [-0.05, 0) is 31.0 Å². The van der Waals surface area contributed by atoms with Crippen LogP contribution in [0, 0.1) is 0 Å². The zero-order chi connectivity index (χ0) is 16.9. The second kappa shape index (κ2) is 7.49. The van der Waals surface area contributed by atoms with Crippen molar-refractivity contribution in [1.29, 1.82) is 0 Å². The van der Waals surface area contributed by atoms with Crippen molar-refractivity contribution in [3.05, 3.63) is 48.0 Å². The van der Waals surface area contributed by atoms with Crippen LogP contribution in [0.5, 0.6) is 5.75 Å². The van der Waals surface area contributed by atoms with E-state index in [0.717, 1.165) is 37.6 Å². The zero-order valence-corrected chi connectivity index (χ0v) is 14.2. The van der Waals surface area contributed by atoms with E-state index in [2.05, 4.69) is 19.8 Å². The van der Waals surface area contributed by atoms with Crippen molar-refractivity contribution < 1.29 is 9.53 Å². The lowest BCUT2D eigenvalue weighted by molar-refractivity contribution is -0.126. The highest BCUT2D eigenvalue weighted by Gasteiger charge is 2.25. The van der Waals surface area contributed by atoms with Gasteiger partial charge < -0.3 is 14.6 Å². The number of methoxy groups -OCH3 is 1. The molecule has 3 rings (SSSR count). The van der Waals surface area contributed by atoms with Crippen molar-refractivity contribution in [1.82, 2.24) is 19.8 Å². The smallest absolute Gasteiger partial charge is 0.237 e. The summed E-state index contributed by atoms with van der Waals surface area (Å²) in [4.78, 5) is 18.9. The number of hydrogen-bond acceptors (Lipinski definition) is 4. The van der Waals surface area contributed by atoms with Gasteiger partial charge in [0.25, 0.3) is 0 Å². The molecule has 2 heterocycles. The summed E-state index contributed by atoms with van der Waals surface area (Å²) in [5, 5.41) is 3.04. The second-order valence-corrected chi connectivity index (χ2v) is 6.07. The van der Waals surface area contributed by atoms with Crippen LogP contribution in [0.2, 0.25) is 0 Å². The van der Waals surface area contributed by atoms with Gasteiger partial charge in [-0.1, -0.05) is 12.1 Å². The molecule has 6 heteroatoms. The van der Waals surface area contributed by atoms with Gasteiger partial charge in [0.15, 0.2) is 0 Å². The summed E-state index contributed by atoms with van der Waals surface area (Å²) in [6.07, 6.45) is 4.62. The SMILES string of the molecule is COc1ccc(CCNC(=O)C(C)N2CCn3ccnc3C2)cc1. The summed E-state index contributed by atoms with van der Waals surface area (Å²) >= 11 is 0. The summed E-state index contributed by atoms with van der Waals surface area (Å²) in [6, 6.07) is 7.79. The predicted octanol–water partition coefficient (Wildman–Crippen LogP) is 1.45. The highest BCUT2D eigenvalue weighted by atomic mass is 16.5. The van der Waals surface area contributed by atoms with Gasteiger partial charge in [-0.25, -0.2) is 4.98 Å². The normalized spacial score (nSPS) is 15.6. The molecule has 6 nitrogen and oxygen atoms in total. The van der Waals surface area contributed by atoms with Crippen LogP contribution in [-0.4, -0.2) is 46.6 Å². The van der Waals surface area contributed by atoms with Crippen LogP contribution in [0.3, 0.4) is 0 Å². The second-order valence-electron chi connectivity index (χ2n) is 6.07. The zero-order valence-electron chi connectivity index (χ0n) is 14.2. The molecule has 128 valence electrons. The molecule has 0 fully saturated rings. The molecule has 1 atom stereocenters. The first-order valence-electron chi connectivity index (χ1n) is 8.32. The Morgan fingerprint density at radius 3 is 2.88 bits per heavy atom. The molecule has 0 saturated heterocycles. The lowest BCUT2D eigenvalue weighted by Gasteiger charge is -2.31. The molecule has 24 heavy (non-hydrogen) atoms. The molecule has 0 aliphatic carbocycles. The molecule has 0 radical (unpaired) electrons. The standard InChI is InChI=1S/C18H24N4O2/c1-14(22-12-11-21-10-9-19-17(21)13-22)18(23)20-8-7-15-3-5-16(24-2)6-4-15/h3-6,9-10,14H,7-8,11-13H2,1-2H3,(H,20,23). The molecule has 1 unspecified atom stereocenters. The van der Waals surface area contributed by atoms with Crippen LogP contribution in [0.15, 0.2) is 36.7 Å². The molecule has 1 aromatic carbocycles. The van der Waals surface area contributed by atoms with E-state index in [1.807, 2.05) is 43.6 Å². The van der Waals surface area contributed by atoms with E-state index in [9.17, 15) is 4.79 Å². The Balaban J connectivity index is 1.46. The highest BCUT2D eigenvalue weighted by molar-refractivity contribution is 5.81. The maximum Gasteiger partial charge on any atom is 0.237 e. The van der Waals surface area contributed by atoms with Crippen molar-refractivity contribution in [3.8, 4) is 5.75 Å². The number of imidazole rings is 1. The van der Waals surface area contributed by atoms with Gasteiger partial charge in [0.1, 0.15) is 11.6 Å². The number of fused-ring (bicyclic) bond motifs is 1. The molecule has 2 aromatic rings. The largest absolute Gasteiger partial charge is 0.497 e. The summed E-state index contributed by atoms with van der Waals surface area (Å²) in [5.41, 5.74) is 1.18. The number of benzene rings is 1. The lowest BCUT2D eigenvalue weighted by atomic mass is 10.1. The van der Waals surface area contributed by atoms with Gasteiger partial charge in [-0.3, -0.25) is 9.69 Å². The van der Waals surface area contributed by atoms with E-state index in [1.54, 1.807) is 7.11 Å². The van der Waals surface area contributed by atoms with Crippen molar-refractivity contribution in [2.24, 2.45) is 0 Å². The van der Waals surface area contributed by atoms with Gasteiger partial charge in [-0.2, -0.15) is 0 Å². The Labute approximate surface area is 142 Å². The maximum atomic E-state index is 12.4. The number of rotatable bonds is 6. The molecule has 1 aromatic heterocycles. The quantitative estimate of drug-likeness (QED) is 0.872. The first kappa shape index (κ1) is 16.5. The van der Waals surface area contributed by atoms with Crippen LogP contribution < -0.4 is 10.1 Å². The Kier molecular flexibility index (Phi) is 5.15. The van der Waals surface area contributed by atoms with Crippen molar-refractivity contribution in [2.75, 3.05) is 20.2 Å². The third kappa shape index (κ3) is 3.76. The van der Waals surface area contributed by atoms with Gasteiger partial charge in [-0.15, -0.1) is 0 Å². The Morgan fingerprint density at radius 2 is 2.12 bits per heavy atom. The number of amides is 1. The van der Waals surface area contributed by atoms with E-state index in [4.69, 9.17) is 4.74 Å². The van der Waals surface area contributed by atoms with Crippen molar-refractivity contribution in [2.45, 2.75) is 32.5 Å². The summed E-state index contributed by atoms with van der Waals surface area (Å²) in [5.74, 6) is 1.95. The monoisotopic (exact) mass is 328 g/mol.